The molecule has 0 aliphatic heterocycles. The Hall–Kier alpha value is -2.80. The van der Waals surface area contributed by atoms with Crippen molar-refractivity contribution >= 4 is 11.8 Å². The molecule has 1 unspecified atom stereocenters. The minimum absolute atomic E-state index is 0.0831. The molecule has 1 heterocycles. The molecule has 2 amide bonds. The van der Waals surface area contributed by atoms with Crippen molar-refractivity contribution in [3.63, 3.8) is 0 Å². The zero-order valence-electron chi connectivity index (χ0n) is 14.7. The lowest BCUT2D eigenvalue weighted by Crippen LogP contribution is -2.37. The summed E-state index contributed by atoms with van der Waals surface area (Å²) in [5, 5.41) is 15.7. The molecule has 1 aromatic carbocycles. The van der Waals surface area contributed by atoms with Gasteiger partial charge in [-0.1, -0.05) is 24.3 Å². The van der Waals surface area contributed by atoms with E-state index in [2.05, 4.69) is 15.6 Å². The molecular formula is C18H24N4O3. The Labute approximate surface area is 147 Å². The molecule has 1 atom stereocenters. The van der Waals surface area contributed by atoms with Crippen LogP contribution in [0.15, 0.2) is 42.6 Å². The second-order valence-electron chi connectivity index (χ2n) is 5.70. The summed E-state index contributed by atoms with van der Waals surface area (Å²) in [6.07, 6.45) is 0.861. The molecule has 3 N–H and O–H groups in total. The van der Waals surface area contributed by atoms with E-state index in [0.717, 1.165) is 11.4 Å². The third-order valence-corrected chi connectivity index (χ3v) is 3.68. The topological polar surface area (TPSA) is 86.7 Å². The van der Waals surface area contributed by atoms with Crippen molar-refractivity contribution < 1.29 is 14.6 Å². The fourth-order valence-electron chi connectivity index (χ4n) is 2.45. The first-order valence-electron chi connectivity index (χ1n) is 7.96. The van der Waals surface area contributed by atoms with E-state index in [1.54, 1.807) is 25.4 Å². The Bertz CT molecular complexity index is 706. The fourth-order valence-corrected chi connectivity index (χ4v) is 2.45. The van der Waals surface area contributed by atoms with E-state index in [1.807, 2.05) is 43.3 Å². The van der Waals surface area contributed by atoms with Crippen LogP contribution >= 0.6 is 0 Å². The number of hydrogen-bond donors (Lipinski definition) is 3. The number of benzene rings is 1. The molecule has 0 aliphatic carbocycles. The molecule has 2 aromatic rings. The molecule has 2 rings (SSSR count). The smallest absolute Gasteiger partial charge is 0.315 e. The standard InChI is InChI=1S/C18H24N4O3/c1-22(2)17-13(7-6-10-19-17)11-20-18(24)21-12-15(23)14-8-4-5-9-16(14)25-3/h4-10,15,23H,11-12H2,1-3H3,(H2,20,21,24). The third-order valence-electron chi connectivity index (χ3n) is 3.68. The molecule has 0 fully saturated rings. The van der Waals surface area contributed by atoms with Crippen molar-refractivity contribution in [3.8, 4) is 5.75 Å². The van der Waals surface area contributed by atoms with Crippen LogP contribution in [0.5, 0.6) is 5.75 Å². The molecule has 134 valence electrons. The fraction of sp³-hybridized carbons (Fsp3) is 0.333. The zero-order chi connectivity index (χ0) is 18.2. The van der Waals surface area contributed by atoms with Crippen molar-refractivity contribution in [1.29, 1.82) is 0 Å². The van der Waals surface area contributed by atoms with Gasteiger partial charge in [-0.05, 0) is 12.1 Å². The Kier molecular flexibility index (Phi) is 6.59. The number of methoxy groups -OCH3 is 1. The van der Waals surface area contributed by atoms with Gasteiger partial charge in [-0.25, -0.2) is 9.78 Å². The highest BCUT2D eigenvalue weighted by atomic mass is 16.5. The summed E-state index contributed by atoms with van der Waals surface area (Å²) in [7, 11) is 5.34. The molecule has 0 spiro atoms. The van der Waals surface area contributed by atoms with Crippen LogP contribution in [-0.4, -0.2) is 43.9 Å². The Morgan fingerprint density at radius 2 is 2.00 bits per heavy atom. The molecule has 1 aromatic heterocycles. The van der Waals surface area contributed by atoms with E-state index in [-0.39, 0.29) is 12.6 Å². The average molecular weight is 344 g/mol. The maximum absolute atomic E-state index is 12.0. The summed E-state index contributed by atoms with van der Waals surface area (Å²) in [6.45, 7) is 0.428. The second-order valence-corrected chi connectivity index (χ2v) is 5.70. The summed E-state index contributed by atoms with van der Waals surface area (Å²) in [5.74, 6) is 1.39. The summed E-state index contributed by atoms with van der Waals surface area (Å²) >= 11 is 0. The van der Waals surface area contributed by atoms with E-state index in [4.69, 9.17) is 4.74 Å². The van der Waals surface area contributed by atoms with E-state index >= 15 is 0 Å². The van der Waals surface area contributed by atoms with Gasteiger partial charge in [0, 0.05) is 44.5 Å². The number of aliphatic hydroxyl groups excluding tert-OH is 1. The van der Waals surface area contributed by atoms with Crippen LogP contribution in [0.1, 0.15) is 17.2 Å². The van der Waals surface area contributed by atoms with E-state index < -0.39 is 6.10 Å². The number of rotatable bonds is 7. The van der Waals surface area contributed by atoms with Gasteiger partial charge in [0.1, 0.15) is 11.6 Å². The van der Waals surface area contributed by atoms with Gasteiger partial charge < -0.3 is 25.4 Å². The van der Waals surface area contributed by atoms with Crippen LogP contribution in [0.3, 0.4) is 0 Å². The Morgan fingerprint density at radius 1 is 1.24 bits per heavy atom. The first kappa shape index (κ1) is 18.5. The lowest BCUT2D eigenvalue weighted by Gasteiger charge is -2.17. The minimum atomic E-state index is -0.849. The number of nitrogens with zero attached hydrogens (tertiary/aromatic N) is 2. The molecular weight excluding hydrogens is 320 g/mol. The maximum Gasteiger partial charge on any atom is 0.315 e. The van der Waals surface area contributed by atoms with Crippen LogP contribution in [0.2, 0.25) is 0 Å². The maximum atomic E-state index is 12.0. The largest absolute Gasteiger partial charge is 0.496 e. The van der Waals surface area contributed by atoms with E-state index in [9.17, 15) is 9.90 Å². The number of ether oxygens (including phenoxy) is 1. The Morgan fingerprint density at radius 3 is 2.72 bits per heavy atom. The predicted octanol–water partition coefficient (Wildman–Crippen LogP) is 1.69. The molecule has 0 saturated heterocycles. The molecule has 7 heteroatoms. The Balaban J connectivity index is 1.87. The number of hydrogen-bond acceptors (Lipinski definition) is 5. The van der Waals surface area contributed by atoms with Crippen molar-refractivity contribution in [1.82, 2.24) is 15.6 Å². The zero-order valence-corrected chi connectivity index (χ0v) is 14.7. The SMILES string of the molecule is COc1ccccc1C(O)CNC(=O)NCc1cccnc1N(C)C. The predicted molar refractivity (Wildman–Crippen MR) is 96.8 cm³/mol. The van der Waals surface area contributed by atoms with Crippen molar-refractivity contribution in [3.05, 3.63) is 53.7 Å². The molecule has 0 bridgehead atoms. The number of aromatic nitrogens is 1. The number of pyridine rings is 1. The highest BCUT2D eigenvalue weighted by molar-refractivity contribution is 5.74. The monoisotopic (exact) mass is 344 g/mol. The summed E-state index contributed by atoms with van der Waals surface area (Å²) in [4.78, 5) is 18.2. The van der Waals surface area contributed by atoms with Crippen LogP contribution in [-0.2, 0) is 6.54 Å². The summed E-state index contributed by atoms with van der Waals surface area (Å²) in [5.41, 5.74) is 1.54. The van der Waals surface area contributed by atoms with Gasteiger partial charge in [-0.3, -0.25) is 0 Å². The van der Waals surface area contributed by atoms with Crippen molar-refractivity contribution in [2.75, 3.05) is 32.6 Å². The summed E-state index contributed by atoms with van der Waals surface area (Å²) < 4.78 is 5.21. The van der Waals surface area contributed by atoms with Crippen molar-refractivity contribution in [2.45, 2.75) is 12.6 Å². The van der Waals surface area contributed by atoms with Gasteiger partial charge in [-0.2, -0.15) is 0 Å². The highest BCUT2D eigenvalue weighted by Crippen LogP contribution is 2.23. The minimum Gasteiger partial charge on any atom is -0.496 e. The van der Waals surface area contributed by atoms with Gasteiger partial charge in [-0.15, -0.1) is 0 Å². The number of urea groups is 1. The molecule has 0 radical (unpaired) electrons. The lowest BCUT2D eigenvalue weighted by atomic mass is 10.1. The molecule has 0 aliphatic rings. The van der Waals surface area contributed by atoms with Gasteiger partial charge in [0.2, 0.25) is 0 Å². The van der Waals surface area contributed by atoms with E-state index in [0.29, 0.717) is 17.9 Å². The van der Waals surface area contributed by atoms with Gasteiger partial charge >= 0.3 is 6.03 Å². The van der Waals surface area contributed by atoms with Crippen LogP contribution < -0.4 is 20.3 Å². The number of carbonyl (C=O) groups excluding carboxylic acids is 1. The summed E-state index contributed by atoms with van der Waals surface area (Å²) in [6, 6.07) is 10.5. The first-order valence-corrected chi connectivity index (χ1v) is 7.96. The normalized spacial score (nSPS) is 11.5. The molecule has 7 nitrogen and oxygen atoms in total. The number of carbonyl (C=O) groups is 1. The van der Waals surface area contributed by atoms with Crippen LogP contribution in [0, 0.1) is 0 Å². The first-order chi connectivity index (χ1) is 12.0. The quantitative estimate of drug-likeness (QED) is 0.711. The number of para-hydroxylation sites is 1. The molecule has 25 heavy (non-hydrogen) atoms. The third kappa shape index (κ3) is 5.09. The number of amides is 2. The van der Waals surface area contributed by atoms with Gasteiger partial charge in [0.15, 0.2) is 0 Å². The van der Waals surface area contributed by atoms with Crippen molar-refractivity contribution in [2.24, 2.45) is 0 Å². The average Bonchev–Trinajstić information content (AvgIpc) is 2.64. The second kappa shape index (κ2) is 8.89. The number of anilines is 1. The van der Waals surface area contributed by atoms with Crippen LogP contribution in [0.4, 0.5) is 10.6 Å². The highest BCUT2D eigenvalue weighted by Gasteiger charge is 2.14. The number of aliphatic hydroxyl groups is 1. The molecule has 0 saturated carbocycles. The lowest BCUT2D eigenvalue weighted by molar-refractivity contribution is 0.169. The van der Waals surface area contributed by atoms with E-state index in [1.165, 1.54) is 0 Å². The van der Waals surface area contributed by atoms with Crippen LogP contribution in [0.25, 0.3) is 0 Å². The van der Waals surface area contributed by atoms with Gasteiger partial charge in [0.25, 0.3) is 0 Å². The number of nitrogens with one attached hydrogen (secondary N) is 2. The van der Waals surface area contributed by atoms with Gasteiger partial charge in [0.05, 0.1) is 13.2 Å².